The number of Topliss-reactive ketones (excluding diaryl/α,β-unsaturated/α-hetero) is 1. The van der Waals surface area contributed by atoms with Gasteiger partial charge in [0.2, 0.25) is 0 Å². The summed E-state index contributed by atoms with van der Waals surface area (Å²) in [5.41, 5.74) is 2.63. The van der Waals surface area contributed by atoms with Crippen molar-refractivity contribution in [3.63, 3.8) is 0 Å². The van der Waals surface area contributed by atoms with E-state index in [1.54, 1.807) is 19.2 Å². The van der Waals surface area contributed by atoms with E-state index in [9.17, 15) is 9.18 Å². The second-order valence-corrected chi connectivity index (χ2v) is 8.97. The molecule has 0 bridgehead atoms. The third kappa shape index (κ3) is 10.4. The summed E-state index contributed by atoms with van der Waals surface area (Å²) >= 11 is 0. The van der Waals surface area contributed by atoms with Crippen molar-refractivity contribution in [2.45, 2.75) is 67.4 Å². The summed E-state index contributed by atoms with van der Waals surface area (Å²) in [5, 5.41) is 3.41. The number of aromatic nitrogens is 1. The SMILES string of the molecule is C=C(C)C(=O)c1ccc(OC2=CCC(CNc3ncccc3N(C)C)=CC(O[C@@H](C)CC)=C2)c(F)c1.CC.CC.[HH]. The fraction of sp³-hybridized carbons (Fsp3) is 0.394. The summed E-state index contributed by atoms with van der Waals surface area (Å²) in [4.78, 5) is 18.6. The van der Waals surface area contributed by atoms with Crippen molar-refractivity contribution >= 4 is 17.3 Å². The topological polar surface area (TPSA) is 63.7 Å². The van der Waals surface area contributed by atoms with Crippen LogP contribution in [-0.4, -0.2) is 37.5 Å². The van der Waals surface area contributed by atoms with Crippen LogP contribution in [0.3, 0.4) is 0 Å². The van der Waals surface area contributed by atoms with Crippen molar-refractivity contribution in [2.24, 2.45) is 0 Å². The van der Waals surface area contributed by atoms with Gasteiger partial charge in [-0.15, -0.1) is 0 Å². The highest BCUT2D eigenvalue weighted by Gasteiger charge is 2.15. The Bertz CT molecular complexity index is 1220. The fourth-order valence-electron chi connectivity index (χ4n) is 3.50. The third-order valence-corrected chi connectivity index (χ3v) is 5.67. The monoisotopic (exact) mass is 553 g/mol. The van der Waals surface area contributed by atoms with Crippen LogP contribution in [0.15, 0.2) is 84.0 Å². The molecular weight excluding hydrogens is 505 g/mol. The highest BCUT2D eigenvalue weighted by atomic mass is 19.1. The smallest absolute Gasteiger partial charge is 0.188 e. The minimum absolute atomic E-state index is 0. The Hall–Kier alpha value is -3.87. The maximum atomic E-state index is 14.8. The molecule has 1 aliphatic rings. The first kappa shape index (κ1) is 34.2. The average molecular weight is 554 g/mol. The molecule has 6 nitrogen and oxygen atoms in total. The minimum atomic E-state index is -0.619. The number of hydrogen-bond acceptors (Lipinski definition) is 6. The number of halogens is 1. The molecule has 220 valence electrons. The molecule has 1 aliphatic carbocycles. The lowest BCUT2D eigenvalue weighted by atomic mass is 10.1. The Morgan fingerprint density at radius 1 is 1.18 bits per heavy atom. The highest BCUT2D eigenvalue weighted by molar-refractivity contribution is 6.07. The van der Waals surface area contributed by atoms with Crippen molar-refractivity contribution < 1.29 is 20.1 Å². The highest BCUT2D eigenvalue weighted by Crippen LogP contribution is 2.27. The summed E-state index contributed by atoms with van der Waals surface area (Å²) < 4.78 is 26.8. The molecule has 0 unspecified atom stereocenters. The van der Waals surface area contributed by atoms with Crippen LogP contribution in [0.4, 0.5) is 15.9 Å². The van der Waals surface area contributed by atoms with Gasteiger partial charge in [0.25, 0.3) is 0 Å². The standard InChI is InChI=1S/C29H34FN3O3.2C2H6.H2/c1-7-20(4)35-24-15-21(18-32-29-26(33(5)6)9-8-14-31-29)10-12-23(17-24)36-27-13-11-22(16-25(27)30)28(34)19(2)3;2*1-2;/h8-9,11-17,20H,2,7,10,18H2,1,3-6H3,(H,31,32);2*1-2H3;1H/t20-;;;/m0.../s1. The number of benzene rings is 1. The van der Waals surface area contributed by atoms with Gasteiger partial charge < -0.3 is 19.7 Å². The molecule has 40 heavy (non-hydrogen) atoms. The molecule has 0 saturated carbocycles. The molecule has 1 aromatic heterocycles. The van der Waals surface area contributed by atoms with Gasteiger partial charge in [-0.05, 0) is 80.3 Å². The number of carbonyl (C=O) groups excluding carboxylic acids is 1. The van der Waals surface area contributed by atoms with Gasteiger partial charge in [-0.3, -0.25) is 4.79 Å². The number of carbonyl (C=O) groups is 1. The number of nitrogens with one attached hydrogen (secondary N) is 1. The van der Waals surface area contributed by atoms with E-state index in [-0.39, 0.29) is 24.6 Å². The minimum Gasteiger partial charge on any atom is -0.491 e. The van der Waals surface area contributed by atoms with Crippen molar-refractivity contribution in [3.8, 4) is 5.75 Å². The Kier molecular flexibility index (Phi) is 15.1. The number of ether oxygens (including phenoxy) is 2. The van der Waals surface area contributed by atoms with Crippen LogP contribution in [0.2, 0.25) is 0 Å². The quantitative estimate of drug-likeness (QED) is 0.222. The van der Waals surface area contributed by atoms with Gasteiger partial charge in [0.15, 0.2) is 17.3 Å². The van der Waals surface area contributed by atoms with E-state index in [0.717, 1.165) is 23.5 Å². The molecule has 3 rings (SSSR count). The van der Waals surface area contributed by atoms with Crippen LogP contribution < -0.4 is 15.0 Å². The summed E-state index contributed by atoms with van der Waals surface area (Å²) in [6, 6.07) is 8.07. The maximum Gasteiger partial charge on any atom is 0.188 e. The van der Waals surface area contributed by atoms with E-state index >= 15 is 0 Å². The van der Waals surface area contributed by atoms with Gasteiger partial charge in [0, 0.05) is 39.9 Å². The Balaban J connectivity index is 0.00000306. The molecular formula is C33H48FN3O3. The van der Waals surface area contributed by atoms with E-state index < -0.39 is 5.82 Å². The Morgan fingerprint density at radius 3 is 2.48 bits per heavy atom. The van der Waals surface area contributed by atoms with E-state index in [1.165, 1.54) is 18.2 Å². The van der Waals surface area contributed by atoms with Gasteiger partial charge in [0.1, 0.15) is 17.3 Å². The Morgan fingerprint density at radius 2 is 1.88 bits per heavy atom. The summed E-state index contributed by atoms with van der Waals surface area (Å²) in [5.74, 6) is 0.992. The number of ketones is 1. The van der Waals surface area contributed by atoms with Crippen LogP contribution >= 0.6 is 0 Å². The zero-order chi connectivity index (χ0) is 30.2. The first-order valence-electron chi connectivity index (χ1n) is 14.0. The second-order valence-electron chi connectivity index (χ2n) is 8.97. The van der Waals surface area contributed by atoms with Gasteiger partial charge in [-0.25, -0.2) is 9.37 Å². The lowest BCUT2D eigenvalue weighted by molar-refractivity contribution is 0.103. The van der Waals surface area contributed by atoms with Crippen LogP contribution in [-0.2, 0) is 4.74 Å². The van der Waals surface area contributed by atoms with E-state index in [0.29, 0.717) is 30.1 Å². The third-order valence-electron chi connectivity index (χ3n) is 5.67. The van der Waals surface area contributed by atoms with E-state index in [1.807, 2.05) is 84.8 Å². The van der Waals surface area contributed by atoms with Gasteiger partial charge in [-0.2, -0.15) is 0 Å². The molecule has 0 saturated heterocycles. The molecule has 0 fully saturated rings. The molecule has 1 atom stereocenters. The molecule has 1 N–H and O–H groups in total. The normalized spacial score (nSPS) is 12.9. The fourth-order valence-corrected chi connectivity index (χ4v) is 3.50. The Labute approximate surface area is 241 Å². The molecule has 1 heterocycles. The molecule has 7 heteroatoms. The van der Waals surface area contributed by atoms with Gasteiger partial charge in [0.05, 0.1) is 11.8 Å². The lowest BCUT2D eigenvalue weighted by Gasteiger charge is -2.18. The van der Waals surface area contributed by atoms with Crippen molar-refractivity contribution in [2.75, 3.05) is 30.9 Å². The molecule has 0 aliphatic heterocycles. The lowest BCUT2D eigenvalue weighted by Crippen LogP contribution is -2.14. The summed E-state index contributed by atoms with van der Waals surface area (Å²) in [7, 11) is 3.95. The maximum absolute atomic E-state index is 14.8. The number of pyridine rings is 1. The van der Waals surface area contributed by atoms with Crippen LogP contribution in [0, 0.1) is 5.82 Å². The largest absolute Gasteiger partial charge is 0.491 e. The molecule has 0 amide bonds. The van der Waals surface area contributed by atoms with Crippen LogP contribution in [0.5, 0.6) is 5.75 Å². The number of hydrogen-bond donors (Lipinski definition) is 1. The van der Waals surface area contributed by atoms with E-state index in [4.69, 9.17) is 9.47 Å². The number of anilines is 2. The van der Waals surface area contributed by atoms with Crippen molar-refractivity contribution in [3.05, 3.63) is 95.4 Å². The number of rotatable bonds is 11. The molecule has 1 aromatic carbocycles. The summed E-state index contributed by atoms with van der Waals surface area (Å²) in [6.45, 7) is 17.8. The second kappa shape index (κ2) is 17.7. The predicted octanol–water partition coefficient (Wildman–Crippen LogP) is 8.75. The first-order chi connectivity index (χ1) is 19.2. The average Bonchev–Trinajstić information content (AvgIpc) is 3.15. The van der Waals surface area contributed by atoms with Gasteiger partial charge in [-0.1, -0.05) is 41.2 Å². The van der Waals surface area contributed by atoms with Crippen molar-refractivity contribution in [1.82, 2.24) is 4.98 Å². The molecule has 0 radical (unpaired) electrons. The van der Waals surface area contributed by atoms with Crippen molar-refractivity contribution in [1.29, 1.82) is 0 Å². The summed E-state index contributed by atoms with van der Waals surface area (Å²) in [6.07, 6.45) is 8.80. The van der Waals surface area contributed by atoms with Gasteiger partial charge >= 0.3 is 0 Å². The van der Waals surface area contributed by atoms with Crippen LogP contribution in [0.1, 0.15) is 73.1 Å². The zero-order valence-corrected chi connectivity index (χ0v) is 25.6. The molecule has 0 spiro atoms. The number of allylic oxidation sites excluding steroid dienone is 4. The van der Waals surface area contributed by atoms with Crippen LogP contribution in [0.25, 0.3) is 0 Å². The first-order valence-corrected chi connectivity index (χ1v) is 14.0. The number of nitrogens with zero attached hydrogens (tertiary/aromatic N) is 2. The zero-order valence-electron chi connectivity index (χ0n) is 25.6. The molecule has 2 aromatic rings. The van der Waals surface area contributed by atoms with E-state index in [2.05, 4.69) is 16.9 Å². The predicted molar refractivity (Wildman–Crippen MR) is 168 cm³/mol.